The highest BCUT2D eigenvalue weighted by Gasteiger charge is 2.32. The lowest BCUT2D eigenvalue weighted by atomic mass is 10.0. The predicted molar refractivity (Wildman–Crippen MR) is 138 cm³/mol. The molecule has 2 aliphatic heterocycles. The Morgan fingerprint density at radius 1 is 1.19 bits per heavy atom. The van der Waals surface area contributed by atoms with Crippen LogP contribution < -0.4 is 11.1 Å². The van der Waals surface area contributed by atoms with Crippen molar-refractivity contribution in [3.05, 3.63) is 34.9 Å². The van der Waals surface area contributed by atoms with Gasteiger partial charge in [-0.2, -0.15) is 0 Å². The molecular formula is C22H37ClIN5O2. The molecule has 2 aliphatic rings. The highest BCUT2D eigenvalue weighted by atomic mass is 127. The number of nitrogens with two attached hydrogens (primary N) is 1. The lowest BCUT2D eigenvalue weighted by Crippen LogP contribution is -2.50. The quantitative estimate of drug-likeness (QED) is 0.219. The number of rotatable bonds is 8. The molecule has 2 fully saturated rings. The zero-order valence-electron chi connectivity index (χ0n) is 18.7. The molecule has 0 radical (unpaired) electrons. The molecule has 176 valence electrons. The molecule has 0 bridgehead atoms. The van der Waals surface area contributed by atoms with E-state index in [1.165, 1.54) is 5.56 Å². The van der Waals surface area contributed by atoms with Crippen molar-refractivity contribution in [1.82, 2.24) is 15.1 Å². The minimum atomic E-state index is -0.171. The Morgan fingerprint density at radius 3 is 2.58 bits per heavy atom. The average Bonchev–Trinajstić information content (AvgIpc) is 2.73. The minimum Gasteiger partial charge on any atom is -0.379 e. The minimum absolute atomic E-state index is 0. The molecule has 0 spiro atoms. The van der Waals surface area contributed by atoms with E-state index in [-0.39, 0.29) is 35.6 Å². The van der Waals surface area contributed by atoms with Crippen molar-refractivity contribution in [2.45, 2.75) is 31.9 Å². The Balaban J connectivity index is 0.00000341. The molecule has 7 nitrogen and oxygen atoms in total. The van der Waals surface area contributed by atoms with E-state index in [9.17, 15) is 0 Å². The van der Waals surface area contributed by atoms with Crippen molar-refractivity contribution in [1.29, 1.82) is 0 Å². The molecule has 3 N–H and O–H groups in total. The van der Waals surface area contributed by atoms with Crippen LogP contribution in [-0.2, 0) is 9.47 Å². The van der Waals surface area contributed by atoms with Crippen molar-refractivity contribution >= 4 is 41.5 Å². The number of morpholine rings is 2. The van der Waals surface area contributed by atoms with Crippen molar-refractivity contribution in [2.24, 2.45) is 10.7 Å². The molecule has 3 rings (SSSR count). The molecule has 2 heterocycles. The van der Waals surface area contributed by atoms with Crippen LogP contribution in [0.25, 0.3) is 0 Å². The van der Waals surface area contributed by atoms with Crippen LogP contribution in [0.2, 0.25) is 5.02 Å². The first-order valence-electron chi connectivity index (χ1n) is 10.9. The molecule has 2 saturated heterocycles. The smallest absolute Gasteiger partial charge is 0.188 e. The van der Waals surface area contributed by atoms with Gasteiger partial charge in [-0.25, -0.2) is 0 Å². The van der Waals surface area contributed by atoms with Gasteiger partial charge < -0.3 is 20.5 Å². The van der Waals surface area contributed by atoms with Gasteiger partial charge in [-0.3, -0.25) is 14.8 Å². The maximum Gasteiger partial charge on any atom is 0.188 e. The summed E-state index contributed by atoms with van der Waals surface area (Å²) >= 11 is 6.10. The van der Waals surface area contributed by atoms with Crippen LogP contribution in [0, 0.1) is 0 Å². The molecule has 9 heteroatoms. The predicted octanol–water partition coefficient (Wildman–Crippen LogP) is 2.74. The second kappa shape index (κ2) is 13.2. The first-order valence-corrected chi connectivity index (χ1v) is 11.3. The maximum absolute atomic E-state index is 6.17. The second-order valence-corrected chi connectivity index (χ2v) is 9.04. The Hall–Kier alpha value is -0.650. The van der Waals surface area contributed by atoms with Crippen LogP contribution in [0.5, 0.6) is 0 Å². The van der Waals surface area contributed by atoms with Crippen molar-refractivity contribution in [3.63, 3.8) is 0 Å². The fourth-order valence-electron chi connectivity index (χ4n) is 4.02. The van der Waals surface area contributed by atoms with Crippen molar-refractivity contribution in [3.8, 4) is 0 Å². The molecule has 0 aliphatic carbocycles. The van der Waals surface area contributed by atoms with E-state index in [2.05, 4.69) is 46.1 Å². The molecule has 0 aromatic heterocycles. The fraction of sp³-hybridized carbons (Fsp3) is 0.682. The largest absolute Gasteiger partial charge is 0.379 e. The molecule has 1 aromatic carbocycles. The number of ether oxygens (including phenoxy) is 2. The highest BCUT2D eigenvalue weighted by molar-refractivity contribution is 14.0. The van der Waals surface area contributed by atoms with Crippen LogP contribution in [0.3, 0.4) is 0 Å². The summed E-state index contributed by atoms with van der Waals surface area (Å²) in [4.78, 5) is 9.52. The summed E-state index contributed by atoms with van der Waals surface area (Å²) in [6, 6.07) is 8.17. The van der Waals surface area contributed by atoms with Crippen LogP contribution in [0.15, 0.2) is 29.3 Å². The summed E-state index contributed by atoms with van der Waals surface area (Å²) in [5.41, 5.74) is 7.19. The Kier molecular flexibility index (Phi) is 11.3. The van der Waals surface area contributed by atoms with Gasteiger partial charge in [0.1, 0.15) is 0 Å². The van der Waals surface area contributed by atoms with E-state index < -0.39 is 0 Å². The number of guanidine groups is 1. The van der Waals surface area contributed by atoms with Gasteiger partial charge in [0.2, 0.25) is 0 Å². The summed E-state index contributed by atoms with van der Waals surface area (Å²) in [5.74, 6) is 0.503. The van der Waals surface area contributed by atoms with E-state index in [0.717, 1.165) is 70.5 Å². The first-order chi connectivity index (χ1) is 14.4. The van der Waals surface area contributed by atoms with E-state index in [4.69, 9.17) is 26.8 Å². The molecule has 1 atom stereocenters. The first kappa shape index (κ1) is 26.6. The lowest BCUT2D eigenvalue weighted by Gasteiger charge is -2.42. The molecule has 1 unspecified atom stereocenters. The maximum atomic E-state index is 6.17. The summed E-state index contributed by atoms with van der Waals surface area (Å²) in [7, 11) is 0. The normalized spacial score (nSPS) is 21.3. The fourth-order valence-corrected chi connectivity index (χ4v) is 4.15. The van der Waals surface area contributed by atoms with Crippen LogP contribution in [0.1, 0.15) is 31.9 Å². The third kappa shape index (κ3) is 9.01. The van der Waals surface area contributed by atoms with E-state index in [1.54, 1.807) is 0 Å². The number of nitrogens with one attached hydrogen (secondary N) is 1. The van der Waals surface area contributed by atoms with Gasteiger partial charge in [0.15, 0.2) is 5.96 Å². The number of aliphatic imine (C=N–C) groups is 1. The molecule has 31 heavy (non-hydrogen) atoms. The number of benzene rings is 1. The summed E-state index contributed by atoms with van der Waals surface area (Å²) < 4.78 is 11.3. The number of halogens is 2. The van der Waals surface area contributed by atoms with E-state index in [1.807, 2.05) is 12.1 Å². The SMILES string of the molecule is CC1(C)CN(C(CN=C(N)NCCCN2CCOCC2)c2ccc(Cl)cc2)CCO1.I. The van der Waals surface area contributed by atoms with Gasteiger partial charge in [-0.05, 0) is 44.5 Å². The van der Waals surface area contributed by atoms with Crippen LogP contribution >= 0.6 is 35.6 Å². The summed E-state index contributed by atoms with van der Waals surface area (Å²) in [5, 5.41) is 4.00. The number of nitrogens with zero attached hydrogens (tertiary/aromatic N) is 3. The lowest BCUT2D eigenvalue weighted by molar-refractivity contribution is -0.0967. The van der Waals surface area contributed by atoms with Crippen LogP contribution in [-0.4, -0.2) is 87.0 Å². The second-order valence-electron chi connectivity index (χ2n) is 8.61. The molecule has 0 saturated carbocycles. The average molecular weight is 566 g/mol. The Labute approximate surface area is 208 Å². The van der Waals surface area contributed by atoms with Gasteiger partial charge in [0, 0.05) is 37.7 Å². The Morgan fingerprint density at radius 2 is 1.90 bits per heavy atom. The zero-order valence-corrected chi connectivity index (χ0v) is 21.8. The van der Waals surface area contributed by atoms with Crippen molar-refractivity contribution < 1.29 is 9.47 Å². The van der Waals surface area contributed by atoms with Gasteiger partial charge in [0.25, 0.3) is 0 Å². The van der Waals surface area contributed by atoms with E-state index in [0.29, 0.717) is 12.5 Å². The van der Waals surface area contributed by atoms with Crippen molar-refractivity contribution in [2.75, 3.05) is 65.6 Å². The monoisotopic (exact) mass is 565 g/mol. The highest BCUT2D eigenvalue weighted by Crippen LogP contribution is 2.28. The Bertz CT molecular complexity index is 683. The topological polar surface area (TPSA) is 75.4 Å². The van der Waals surface area contributed by atoms with Gasteiger partial charge in [0.05, 0.1) is 38.0 Å². The third-order valence-corrected chi connectivity index (χ3v) is 5.90. The molecular weight excluding hydrogens is 529 g/mol. The van der Waals surface area contributed by atoms with Gasteiger partial charge in [-0.15, -0.1) is 24.0 Å². The zero-order chi connectivity index (χ0) is 21.4. The molecule has 1 aromatic rings. The third-order valence-electron chi connectivity index (χ3n) is 5.65. The number of hydrogen-bond acceptors (Lipinski definition) is 5. The van der Waals surface area contributed by atoms with Crippen LogP contribution in [0.4, 0.5) is 0 Å². The van der Waals surface area contributed by atoms with E-state index >= 15 is 0 Å². The van der Waals surface area contributed by atoms with Gasteiger partial charge in [-0.1, -0.05) is 23.7 Å². The van der Waals surface area contributed by atoms with Gasteiger partial charge >= 0.3 is 0 Å². The summed E-state index contributed by atoms with van der Waals surface area (Å²) in [6.45, 7) is 12.9. The standard InChI is InChI=1S/C22H36ClN5O2.HI/c1-22(2)17-28(12-15-30-22)20(18-4-6-19(23)7-5-18)16-26-21(24)25-8-3-9-27-10-13-29-14-11-27;/h4-7,20H,3,8-17H2,1-2H3,(H3,24,25,26);1H. The summed E-state index contributed by atoms with van der Waals surface area (Å²) in [6.07, 6.45) is 1.04. The number of hydrogen-bond donors (Lipinski definition) is 2. The molecule has 0 amide bonds.